The second-order valence-corrected chi connectivity index (χ2v) is 6.83. The summed E-state index contributed by atoms with van der Waals surface area (Å²) in [7, 11) is 0. The van der Waals surface area contributed by atoms with Gasteiger partial charge in [-0.15, -0.1) is 0 Å². The van der Waals surface area contributed by atoms with E-state index >= 15 is 0 Å². The minimum atomic E-state index is -4.51. The number of amides is 1. The first-order chi connectivity index (χ1) is 12.4. The fraction of sp³-hybridized carbons (Fsp3) is 0.588. The van der Waals surface area contributed by atoms with Gasteiger partial charge in [0.15, 0.2) is 0 Å². The third-order valence-electron chi connectivity index (χ3n) is 3.19. The van der Waals surface area contributed by atoms with E-state index in [4.69, 9.17) is 9.84 Å². The Morgan fingerprint density at radius 3 is 2.37 bits per heavy atom. The third kappa shape index (κ3) is 8.83. The first-order valence-electron chi connectivity index (χ1n) is 8.37. The molecule has 1 rings (SSSR count). The highest BCUT2D eigenvalue weighted by molar-refractivity contribution is 5.70. The average molecular weight is 393 g/mol. The normalized spacial score (nSPS) is 13.0. The minimum absolute atomic E-state index is 0.120. The zero-order valence-electron chi connectivity index (χ0n) is 15.5. The van der Waals surface area contributed by atoms with Gasteiger partial charge in [-0.25, -0.2) is 4.79 Å². The molecular weight excluding hydrogens is 367 g/mol. The molecule has 0 spiro atoms. The van der Waals surface area contributed by atoms with Crippen molar-refractivity contribution in [1.29, 1.82) is 0 Å². The van der Waals surface area contributed by atoms with Crippen molar-refractivity contribution in [2.75, 3.05) is 36.9 Å². The second-order valence-electron chi connectivity index (χ2n) is 6.83. The standard InChI is InChI=1S/C17H26F3N3O4/c1-16(2,3)27-15(26)22-7-6-21-13-5-4-11(17(18,19)20)8-14(13)23-9-12(25)10-24/h4-5,8,12,21,23-25H,6-7,9-10H2,1-3H3,(H,22,26). The first-order valence-corrected chi connectivity index (χ1v) is 8.37. The molecule has 0 aromatic heterocycles. The van der Waals surface area contributed by atoms with Gasteiger partial charge in [0.05, 0.1) is 29.6 Å². The van der Waals surface area contributed by atoms with Crippen LogP contribution < -0.4 is 16.0 Å². The number of alkyl halides is 3. The number of halogens is 3. The smallest absolute Gasteiger partial charge is 0.416 e. The summed E-state index contributed by atoms with van der Waals surface area (Å²) in [5.41, 5.74) is -0.995. The van der Waals surface area contributed by atoms with Crippen LogP contribution in [0, 0.1) is 0 Å². The molecule has 5 N–H and O–H groups in total. The van der Waals surface area contributed by atoms with E-state index in [0.29, 0.717) is 5.69 Å². The van der Waals surface area contributed by atoms with E-state index in [1.54, 1.807) is 20.8 Å². The molecule has 0 saturated heterocycles. The van der Waals surface area contributed by atoms with Gasteiger partial charge in [-0.3, -0.25) is 0 Å². The highest BCUT2D eigenvalue weighted by Crippen LogP contribution is 2.34. The Kier molecular flexibility index (Phi) is 8.17. The van der Waals surface area contributed by atoms with Gasteiger partial charge in [-0.05, 0) is 39.0 Å². The van der Waals surface area contributed by atoms with Gasteiger partial charge in [-0.1, -0.05) is 0 Å². The van der Waals surface area contributed by atoms with Crippen molar-refractivity contribution in [3.63, 3.8) is 0 Å². The Morgan fingerprint density at radius 2 is 1.81 bits per heavy atom. The molecule has 0 bridgehead atoms. The number of ether oxygens (including phenoxy) is 1. The molecule has 1 unspecified atom stereocenters. The lowest BCUT2D eigenvalue weighted by Crippen LogP contribution is -2.35. The molecule has 0 aliphatic carbocycles. The van der Waals surface area contributed by atoms with Crippen LogP contribution in [0.4, 0.5) is 29.3 Å². The number of carbonyl (C=O) groups excluding carboxylic acids is 1. The number of benzene rings is 1. The number of nitrogens with one attached hydrogen (secondary N) is 3. The monoisotopic (exact) mass is 393 g/mol. The molecule has 7 nitrogen and oxygen atoms in total. The number of aliphatic hydroxyl groups excluding tert-OH is 2. The number of hydrogen-bond acceptors (Lipinski definition) is 6. The van der Waals surface area contributed by atoms with E-state index in [1.807, 2.05) is 0 Å². The molecule has 1 amide bonds. The average Bonchev–Trinajstić information content (AvgIpc) is 2.54. The van der Waals surface area contributed by atoms with Crippen LogP contribution in [0.15, 0.2) is 18.2 Å². The topological polar surface area (TPSA) is 103 Å². The maximum atomic E-state index is 12.9. The van der Waals surface area contributed by atoms with Crippen molar-refractivity contribution in [2.24, 2.45) is 0 Å². The second kappa shape index (κ2) is 9.65. The van der Waals surface area contributed by atoms with Crippen LogP contribution in [-0.4, -0.2) is 54.3 Å². The third-order valence-corrected chi connectivity index (χ3v) is 3.19. The molecule has 0 aliphatic heterocycles. The minimum Gasteiger partial charge on any atom is -0.444 e. The van der Waals surface area contributed by atoms with Crippen LogP contribution in [0.1, 0.15) is 26.3 Å². The molecule has 1 atom stereocenters. The molecule has 27 heavy (non-hydrogen) atoms. The van der Waals surface area contributed by atoms with Crippen molar-refractivity contribution >= 4 is 17.5 Å². The predicted octanol–water partition coefficient (Wildman–Crippen LogP) is 2.41. The molecule has 1 aromatic carbocycles. The quantitative estimate of drug-likeness (QED) is 0.435. The Bertz CT molecular complexity index is 618. The number of hydrogen-bond donors (Lipinski definition) is 5. The largest absolute Gasteiger partial charge is 0.444 e. The van der Waals surface area contributed by atoms with E-state index < -0.39 is 36.1 Å². The van der Waals surface area contributed by atoms with Gasteiger partial charge >= 0.3 is 12.3 Å². The van der Waals surface area contributed by atoms with Crippen LogP contribution in [0.25, 0.3) is 0 Å². The Morgan fingerprint density at radius 1 is 1.15 bits per heavy atom. The lowest BCUT2D eigenvalue weighted by molar-refractivity contribution is -0.137. The zero-order valence-corrected chi connectivity index (χ0v) is 15.5. The van der Waals surface area contributed by atoms with Crippen molar-refractivity contribution in [1.82, 2.24) is 5.32 Å². The molecular formula is C17H26F3N3O4. The summed E-state index contributed by atoms with van der Waals surface area (Å²) in [6.45, 7) is 4.97. The molecule has 0 fully saturated rings. The van der Waals surface area contributed by atoms with Crippen LogP contribution in [0.2, 0.25) is 0 Å². The van der Waals surface area contributed by atoms with Crippen LogP contribution >= 0.6 is 0 Å². The van der Waals surface area contributed by atoms with Gasteiger partial charge in [0, 0.05) is 19.6 Å². The van der Waals surface area contributed by atoms with Crippen LogP contribution in [-0.2, 0) is 10.9 Å². The number of carbonyl (C=O) groups is 1. The van der Waals surface area contributed by atoms with E-state index in [-0.39, 0.29) is 25.3 Å². The van der Waals surface area contributed by atoms with Gasteiger partial charge in [0.2, 0.25) is 0 Å². The van der Waals surface area contributed by atoms with Gasteiger partial charge in [0.1, 0.15) is 5.60 Å². The molecule has 0 saturated carbocycles. The van der Waals surface area contributed by atoms with E-state index in [0.717, 1.165) is 12.1 Å². The predicted molar refractivity (Wildman–Crippen MR) is 95.8 cm³/mol. The zero-order chi connectivity index (χ0) is 20.7. The molecule has 0 radical (unpaired) electrons. The first kappa shape index (κ1) is 22.8. The lowest BCUT2D eigenvalue weighted by Gasteiger charge is -2.20. The van der Waals surface area contributed by atoms with Crippen molar-refractivity contribution in [3.05, 3.63) is 23.8 Å². The summed E-state index contributed by atoms with van der Waals surface area (Å²) in [4.78, 5) is 11.6. The fourth-order valence-electron chi connectivity index (χ4n) is 1.99. The number of alkyl carbamates (subject to hydrolysis) is 1. The molecule has 0 heterocycles. The number of aliphatic hydroxyl groups is 2. The Hall–Kier alpha value is -2.20. The highest BCUT2D eigenvalue weighted by Gasteiger charge is 2.31. The molecule has 10 heteroatoms. The maximum Gasteiger partial charge on any atom is 0.416 e. The van der Waals surface area contributed by atoms with Crippen LogP contribution in [0.3, 0.4) is 0 Å². The summed E-state index contributed by atoms with van der Waals surface area (Å²) in [5.74, 6) is 0. The molecule has 154 valence electrons. The van der Waals surface area contributed by atoms with Crippen molar-refractivity contribution in [3.8, 4) is 0 Å². The summed E-state index contributed by atoms with van der Waals surface area (Å²) < 4.78 is 43.8. The Labute approximate surface area is 155 Å². The van der Waals surface area contributed by atoms with Crippen LogP contribution in [0.5, 0.6) is 0 Å². The highest BCUT2D eigenvalue weighted by atomic mass is 19.4. The van der Waals surface area contributed by atoms with E-state index in [9.17, 15) is 23.1 Å². The van der Waals surface area contributed by atoms with Gasteiger partial charge < -0.3 is 30.9 Å². The molecule has 0 aliphatic rings. The van der Waals surface area contributed by atoms with E-state index in [1.165, 1.54) is 6.07 Å². The maximum absolute atomic E-state index is 12.9. The number of rotatable bonds is 8. The summed E-state index contributed by atoms with van der Waals surface area (Å²) >= 11 is 0. The lowest BCUT2D eigenvalue weighted by atomic mass is 10.1. The van der Waals surface area contributed by atoms with Crippen molar-refractivity contribution in [2.45, 2.75) is 38.7 Å². The van der Waals surface area contributed by atoms with Gasteiger partial charge in [0.25, 0.3) is 0 Å². The fourth-order valence-corrected chi connectivity index (χ4v) is 1.99. The SMILES string of the molecule is CC(C)(C)OC(=O)NCCNc1ccc(C(F)(F)F)cc1NCC(O)CO. The van der Waals surface area contributed by atoms with E-state index in [2.05, 4.69) is 16.0 Å². The van der Waals surface area contributed by atoms with Crippen molar-refractivity contribution < 1.29 is 32.9 Å². The Balaban J connectivity index is 2.70. The summed E-state index contributed by atoms with van der Waals surface area (Å²) in [6, 6.07) is 3.09. The molecule has 1 aromatic rings. The van der Waals surface area contributed by atoms with Gasteiger partial charge in [-0.2, -0.15) is 13.2 Å². The number of anilines is 2. The summed E-state index contributed by atoms with van der Waals surface area (Å²) in [5, 5.41) is 26.3. The summed E-state index contributed by atoms with van der Waals surface area (Å²) in [6.07, 6.45) is -6.22.